The molecule has 3 nitrogen and oxygen atoms in total. The molecule has 0 saturated heterocycles. The first-order chi connectivity index (χ1) is 13.6. The van der Waals surface area contributed by atoms with Crippen LogP contribution < -0.4 is 25.4 Å². The first kappa shape index (κ1) is 20.1. The maximum atomic E-state index is 14.8. The maximum absolute atomic E-state index is 14.8. The number of halogens is 1. The minimum Gasteiger partial charge on any atom is -0.449 e. The third kappa shape index (κ3) is 3.37. The minimum atomic E-state index is -3.22. The van der Waals surface area contributed by atoms with Crippen molar-refractivity contribution in [3.63, 3.8) is 0 Å². The van der Waals surface area contributed by atoms with Crippen molar-refractivity contribution in [3.8, 4) is 11.5 Å². The van der Waals surface area contributed by atoms with Crippen molar-refractivity contribution < 1.29 is 14.0 Å². The van der Waals surface area contributed by atoms with E-state index in [-0.39, 0.29) is 0 Å². The highest BCUT2D eigenvalue weighted by Gasteiger charge is 2.40. The SMILES string of the molecule is Cc1ccc(P(=O)(c2ccc(C)cc2)c2cc(C)c3c(c2Cl)OC(C)(C)O3)cc1. The lowest BCUT2D eigenvalue weighted by molar-refractivity contribution is -0.0433. The molecule has 0 radical (unpaired) electrons. The van der Waals surface area contributed by atoms with Crippen molar-refractivity contribution in [1.29, 1.82) is 0 Å². The lowest BCUT2D eigenvalue weighted by Gasteiger charge is -2.22. The first-order valence-electron chi connectivity index (χ1n) is 9.58. The molecule has 0 spiro atoms. The molecule has 3 aromatic carbocycles. The number of benzene rings is 3. The Labute approximate surface area is 177 Å². The second kappa shape index (κ2) is 6.93. The molecule has 0 amide bonds. The second-order valence-electron chi connectivity index (χ2n) is 8.07. The molecule has 0 N–H and O–H groups in total. The van der Waals surface area contributed by atoms with Gasteiger partial charge in [-0.25, -0.2) is 0 Å². The Balaban J connectivity index is 2.01. The van der Waals surface area contributed by atoms with Crippen molar-refractivity contribution in [2.45, 2.75) is 40.4 Å². The summed E-state index contributed by atoms with van der Waals surface area (Å²) in [7, 11) is -3.22. The molecule has 0 bridgehead atoms. The summed E-state index contributed by atoms with van der Waals surface area (Å²) in [5.74, 6) is 0.266. The van der Waals surface area contributed by atoms with Gasteiger partial charge in [0.25, 0.3) is 0 Å². The lowest BCUT2D eigenvalue weighted by atomic mass is 10.2. The van der Waals surface area contributed by atoms with Crippen molar-refractivity contribution in [2.75, 3.05) is 0 Å². The predicted molar refractivity (Wildman–Crippen MR) is 120 cm³/mol. The third-order valence-corrected chi connectivity index (χ3v) is 8.76. The molecule has 0 atom stereocenters. The second-order valence-corrected chi connectivity index (χ2v) is 11.2. The summed E-state index contributed by atoms with van der Waals surface area (Å²) in [6.45, 7) is 9.63. The molecule has 1 heterocycles. The first-order valence-corrected chi connectivity index (χ1v) is 11.7. The smallest absolute Gasteiger partial charge is 0.246 e. The topological polar surface area (TPSA) is 35.5 Å². The molecule has 0 fully saturated rings. The van der Waals surface area contributed by atoms with E-state index in [1.165, 1.54) is 0 Å². The normalized spacial score (nSPS) is 14.8. The third-order valence-electron chi connectivity index (χ3n) is 5.17. The summed E-state index contributed by atoms with van der Waals surface area (Å²) in [6, 6.07) is 17.5. The minimum absolute atomic E-state index is 0.348. The molecular weight excluding hydrogens is 403 g/mol. The van der Waals surface area contributed by atoms with Gasteiger partial charge in [0, 0.05) is 29.8 Å². The fourth-order valence-corrected chi connectivity index (χ4v) is 6.91. The molecule has 3 aromatic rings. The largest absolute Gasteiger partial charge is 0.449 e. The fourth-order valence-electron chi connectivity index (χ4n) is 3.63. The van der Waals surface area contributed by atoms with E-state index in [4.69, 9.17) is 21.1 Å². The molecule has 29 heavy (non-hydrogen) atoms. The van der Waals surface area contributed by atoms with Crippen LogP contribution in [0, 0.1) is 20.8 Å². The maximum Gasteiger partial charge on any atom is 0.246 e. The molecular formula is C24H24ClO3P. The van der Waals surface area contributed by atoms with Crippen LogP contribution >= 0.6 is 18.7 Å². The van der Waals surface area contributed by atoms with Crippen LogP contribution in [0.25, 0.3) is 0 Å². The van der Waals surface area contributed by atoms with Crippen LogP contribution in [-0.2, 0) is 4.57 Å². The van der Waals surface area contributed by atoms with Crippen LogP contribution in [0.4, 0.5) is 0 Å². The summed E-state index contributed by atoms with van der Waals surface area (Å²) in [6.07, 6.45) is 0. The van der Waals surface area contributed by atoms with Crippen molar-refractivity contribution in [1.82, 2.24) is 0 Å². The van der Waals surface area contributed by atoms with Crippen molar-refractivity contribution in [3.05, 3.63) is 76.3 Å². The summed E-state index contributed by atoms with van der Waals surface area (Å²) < 4.78 is 26.7. The zero-order valence-corrected chi connectivity index (χ0v) is 18.9. The predicted octanol–water partition coefficient (Wildman–Crippen LogP) is 5.41. The van der Waals surface area contributed by atoms with Gasteiger partial charge < -0.3 is 14.0 Å². The van der Waals surface area contributed by atoms with Gasteiger partial charge in [-0.1, -0.05) is 71.3 Å². The average Bonchev–Trinajstić information content (AvgIpc) is 3.01. The van der Waals surface area contributed by atoms with Crippen LogP contribution in [0.2, 0.25) is 5.02 Å². The molecule has 1 aliphatic heterocycles. The summed E-state index contributed by atoms with van der Waals surface area (Å²) >= 11 is 6.82. The van der Waals surface area contributed by atoms with E-state index in [0.29, 0.717) is 21.8 Å². The monoisotopic (exact) mass is 426 g/mol. The number of hydrogen-bond donors (Lipinski definition) is 0. The highest BCUT2D eigenvalue weighted by atomic mass is 35.5. The van der Waals surface area contributed by atoms with Crippen molar-refractivity contribution >= 4 is 34.7 Å². The van der Waals surface area contributed by atoms with E-state index < -0.39 is 12.9 Å². The zero-order chi connectivity index (χ0) is 21.0. The Bertz CT molecular complexity index is 1080. The van der Waals surface area contributed by atoms with E-state index in [1.54, 1.807) is 0 Å². The van der Waals surface area contributed by atoms with Crippen LogP contribution in [0.1, 0.15) is 30.5 Å². The highest BCUT2D eigenvalue weighted by Crippen LogP contribution is 2.52. The lowest BCUT2D eigenvalue weighted by Crippen LogP contribution is -2.30. The highest BCUT2D eigenvalue weighted by molar-refractivity contribution is 7.85. The van der Waals surface area contributed by atoms with Crippen LogP contribution in [0.3, 0.4) is 0 Å². The van der Waals surface area contributed by atoms with Gasteiger partial charge in [-0.15, -0.1) is 0 Å². The summed E-state index contributed by atoms with van der Waals surface area (Å²) in [5.41, 5.74) is 3.07. The summed E-state index contributed by atoms with van der Waals surface area (Å²) in [4.78, 5) is 0. The van der Waals surface area contributed by atoms with Gasteiger partial charge in [0.15, 0.2) is 18.6 Å². The molecule has 0 saturated carbocycles. The van der Waals surface area contributed by atoms with Gasteiger partial charge in [0.2, 0.25) is 5.79 Å². The molecule has 0 unspecified atom stereocenters. The number of ether oxygens (including phenoxy) is 2. The fraction of sp³-hybridized carbons (Fsp3) is 0.250. The van der Waals surface area contributed by atoms with E-state index in [2.05, 4.69) is 0 Å². The zero-order valence-electron chi connectivity index (χ0n) is 17.2. The van der Waals surface area contributed by atoms with Gasteiger partial charge in [-0.2, -0.15) is 0 Å². The van der Waals surface area contributed by atoms with Crippen molar-refractivity contribution in [2.24, 2.45) is 0 Å². The summed E-state index contributed by atoms with van der Waals surface area (Å²) in [5, 5.41) is 2.41. The van der Waals surface area contributed by atoms with Crippen LogP contribution in [0.15, 0.2) is 54.6 Å². The Morgan fingerprint density at radius 1 is 0.793 bits per heavy atom. The van der Waals surface area contributed by atoms with Gasteiger partial charge in [0.05, 0.1) is 5.02 Å². The molecule has 0 aromatic heterocycles. The van der Waals surface area contributed by atoms with Crippen LogP contribution in [0.5, 0.6) is 11.5 Å². The molecule has 1 aliphatic rings. The van der Waals surface area contributed by atoms with E-state index >= 15 is 0 Å². The number of aryl methyl sites for hydroxylation is 3. The number of rotatable bonds is 3. The van der Waals surface area contributed by atoms with Gasteiger partial charge in [-0.3, -0.25) is 0 Å². The standard InChI is InChI=1S/C24H24ClO3P/c1-15-6-10-18(11-7-15)29(26,19-12-8-16(2)9-13-19)20-14-17(3)22-23(21(20)25)28-24(4,5)27-22/h6-14H,1-5H3. The van der Waals surface area contributed by atoms with Gasteiger partial charge in [-0.05, 0) is 32.4 Å². The van der Waals surface area contributed by atoms with Crippen LogP contribution in [-0.4, -0.2) is 5.79 Å². The van der Waals surface area contributed by atoms with E-state index in [1.807, 2.05) is 89.2 Å². The number of hydrogen-bond acceptors (Lipinski definition) is 3. The quantitative estimate of drug-likeness (QED) is 0.525. The molecule has 0 aliphatic carbocycles. The van der Waals surface area contributed by atoms with Gasteiger partial charge >= 0.3 is 0 Å². The van der Waals surface area contributed by atoms with Gasteiger partial charge in [0.1, 0.15) is 0 Å². The Hall–Kier alpha value is -2.22. The number of fused-ring (bicyclic) bond motifs is 1. The molecule has 150 valence electrons. The molecule has 4 rings (SSSR count). The Kier molecular flexibility index (Phi) is 4.80. The Morgan fingerprint density at radius 2 is 1.24 bits per heavy atom. The average molecular weight is 427 g/mol. The van der Waals surface area contributed by atoms with E-state index in [0.717, 1.165) is 27.3 Å². The molecule has 5 heteroatoms. The van der Waals surface area contributed by atoms with E-state index in [9.17, 15) is 4.57 Å². The Morgan fingerprint density at radius 3 is 1.72 bits per heavy atom.